The van der Waals surface area contributed by atoms with E-state index in [1.165, 1.54) is 12.1 Å². The second-order valence-electron chi connectivity index (χ2n) is 5.63. The molecule has 0 atom stereocenters. The molecule has 1 heterocycles. The number of para-hydroxylation sites is 1. The zero-order valence-corrected chi connectivity index (χ0v) is 15.7. The van der Waals surface area contributed by atoms with Gasteiger partial charge in [0.25, 0.3) is 5.22 Å². The third kappa shape index (κ3) is 4.98. The second-order valence-corrected chi connectivity index (χ2v) is 6.62. The highest BCUT2D eigenvalue weighted by atomic mass is 32.2. The lowest BCUT2D eigenvalue weighted by molar-refractivity contribution is -0.298. The van der Waals surface area contributed by atoms with Gasteiger partial charge in [-0.1, -0.05) is 43.3 Å². The van der Waals surface area contributed by atoms with E-state index in [-0.39, 0.29) is 22.6 Å². The molecule has 144 valence electrons. The minimum atomic E-state index is -1.38. The van der Waals surface area contributed by atoms with E-state index in [1.807, 2.05) is 6.92 Å². The number of thioether (sulfide) groups is 1. The molecule has 6 nitrogen and oxygen atoms in total. The third-order valence-corrected chi connectivity index (χ3v) is 4.54. The van der Waals surface area contributed by atoms with E-state index in [1.54, 1.807) is 42.5 Å². The predicted molar refractivity (Wildman–Crippen MR) is 99.7 cm³/mol. The number of hydrogen-bond donors (Lipinski definition) is 0. The van der Waals surface area contributed by atoms with Crippen molar-refractivity contribution < 1.29 is 23.4 Å². The standard InChI is InChI=1S/C20H17FN2O4S/c1-2-18-22-23-20(27-18)28-17(19(24)25)11-13-7-4-6-10-16(13)26-12-14-8-3-5-9-15(14)21/h3-11H,2,12H2,1H3,(H,24,25)/p-1/b17-11-. The summed E-state index contributed by atoms with van der Waals surface area (Å²) in [5.74, 6) is -0.937. The van der Waals surface area contributed by atoms with Gasteiger partial charge in [0.1, 0.15) is 18.2 Å². The SMILES string of the molecule is CCc1nnc(S/C(=C\c2ccccc2OCc2ccccc2F)C(=O)[O-])o1. The van der Waals surface area contributed by atoms with E-state index >= 15 is 0 Å². The first kappa shape index (κ1) is 19.6. The number of aryl methyl sites for hydroxylation is 1. The van der Waals surface area contributed by atoms with Gasteiger partial charge in [0.15, 0.2) is 0 Å². The maximum absolute atomic E-state index is 13.8. The summed E-state index contributed by atoms with van der Waals surface area (Å²) in [7, 11) is 0. The van der Waals surface area contributed by atoms with Crippen LogP contribution in [0, 0.1) is 5.82 Å². The Morgan fingerprint density at radius 3 is 2.68 bits per heavy atom. The van der Waals surface area contributed by atoms with E-state index in [0.717, 1.165) is 11.8 Å². The van der Waals surface area contributed by atoms with Crippen LogP contribution >= 0.6 is 11.8 Å². The van der Waals surface area contributed by atoms with Gasteiger partial charge in [-0.2, -0.15) is 0 Å². The maximum Gasteiger partial charge on any atom is 0.281 e. The molecule has 0 bridgehead atoms. The summed E-state index contributed by atoms with van der Waals surface area (Å²) in [5.41, 5.74) is 0.898. The molecule has 2 aromatic carbocycles. The summed E-state index contributed by atoms with van der Waals surface area (Å²) < 4.78 is 24.8. The Morgan fingerprint density at radius 1 is 1.21 bits per heavy atom. The first-order valence-corrected chi connectivity index (χ1v) is 9.27. The fraction of sp³-hybridized carbons (Fsp3) is 0.150. The van der Waals surface area contributed by atoms with Crippen molar-refractivity contribution in [3.63, 3.8) is 0 Å². The molecule has 0 saturated heterocycles. The minimum Gasteiger partial charge on any atom is -0.544 e. The molecule has 28 heavy (non-hydrogen) atoms. The summed E-state index contributed by atoms with van der Waals surface area (Å²) in [5, 5.41) is 19.3. The van der Waals surface area contributed by atoms with E-state index in [0.29, 0.717) is 29.2 Å². The molecule has 0 spiro atoms. The highest BCUT2D eigenvalue weighted by Crippen LogP contribution is 2.30. The quantitative estimate of drug-likeness (QED) is 0.424. The van der Waals surface area contributed by atoms with Gasteiger partial charge in [-0.05, 0) is 30.0 Å². The first-order valence-electron chi connectivity index (χ1n) is 8.45. The molecule has 8 heteroatoms. The Hall–Kier alpha value is -3.13. The summed E-state index contributed by atoms with van der Waals surface area (Å²) in [4.78, 5) is 11.4. The fourth-order valence-electron chi connectivity index (χ4n) is 2.29. The van der Waals surface area contributed by atoms with Crippen LogP contribution in [0.15, 0.2) is 63.1 Å². The van der Waals surface area contributed by atoms with Crippen molar-refractivity contribution in [3.05, 3.63) is 76.3 Å². The molecular weight excluding hydrogens is 383 g/mol. The summed E-state index contributed by atoms with van der Waals surface area (Å²) >= 11 is 0.797. The smallest absolute Gasteiger partial charge is 0.281 e. The lowest BCUT2D eigenvalue weighted by atomic mass is 10.2. The van der Waals surface area contributed by atoms with Crippen molar-refractivity contribution in [3.8, 4) is 5.75 Å². The zero-order chi connectivity index (χ0) is 19.9. The number of carboxylic acids is 1. The van der Waals surface area contributed by atoms with Crippen molar-refractivity contribution in [2.24, 2.45) is 0 Å². The first-order chi connectivity index (χ1) is 13.6. The number of halogens is 1. The number of nitrogens with zero attached hydrogens (tertiary/aromatic N) is 2. The van der Waals surface area contributed by atoms with Crippen molar-refractivity contribution >= 4 is 23.8 Å². The van der Waals surface area contributed by atoms with E-state index < -0.39 is 5.97 Å². The number of ether oxygens (including phenoxy) is 1. The average molecular weight is 399 g/mol. The highest BCUT2D eigenvalue weighted by Gasteiger charge is 2.12. The number of aromatic nitrogens is 2. The number of aliphatic carboxylic acids is 1. The minimum absolute atomic E-state index is 0.00877. The van der Waals surface area contributed by atoms with Crippen LogP contribution in [0.25, 0.3) is 6.08 Å². The van der Waals surface area contributed by atoms with Crippen molar-refractivity contribution in [2.45, 2.75) is 25.2 Å². The monoisotopic (exact) mass is 399 g/mol. The topological polar surface area (TPSA) is 88.3 Å². The molecule has 3 aromatic rings. The maximum atomic E-state index is 13.8. The normalized spacial score (nSPS) is 11.4. The van der Waals surface area contributed by atoms with Gasteiger partial charge in [-0.15, -0.1) is 10.2 Å². The van der Waals surface area contributed by atoms with Gasteiger partial charge in [-0.25, -0.2) is 4.39 Å². The predicted octanol–water partition coefficient (Wildman–Crippen LogP) is 3.23. The summed E-state index contributed by atoms with van der Waals surface area (Å²) in [6.07, 6.45) is 1.94. The van der Waals surface area contributed by atoms with Crippen LogP contribution in [0.2, 0.25) is 0 Å². The van der Waals surface area contributed by atoms with E-state index in [9.17, 15) is 14.3 Å². The van der Waals surface area contributed by atoms with Crippen LogP contribution < -0.4 is 9.84 Å². The Kier molecular flexibility index (Phi) is 6.44. The van der Waals surface area contributed by atoms with Gasteiger partial charge in [-0.3, -0.25) is 0 Å². The Bertz CT molecular complexity index is 1000. The van der Waals surface area contributed by atoms with Gasteiger partial charge in [0, 0.05) is 22.5 Å². The summed E-state index contributed by atoms with van der Waals surface area (Å²) in [6.45, 7) is 1.86. The molecule has 0 radical (unpaired) electrons. The van der Waals surface area contributed by atoms with Gasteiger partial charge in [0.2, 0.25) is 5.89 Å². The molecule has 0 aliphatic heterocycles. The average Bonchev–Trinajstić information content (AvgIpc) is 3.15. The number of carboxylic acid groups (broad SMARTS) is 1. The van der Waals surface area contributed by atoms with Crippen molar-refractivity contribution in [1.82, 2.24) is 10.2 Å². The van der Waals surface area contributed by atoms with Crippen LogP contribution in [0.4, 0.5) is 4.39 Å². The number of carbonyl (C=O) groups is 1. The van der Waals surface area contributed by atoms with Crippen LogP contribution in [-0.4, -0.2) is 16.2 Å². The summed E-state index contributed by atoms with van der Waals surface area (Å²) in [6, 6.07) is 13.1. The molecule has 0 aliphatic carbocycles. The Labute approximate surface area is 165 Å². The lowest BCUT2D eigenvalue weighted by Gasteiger charge is -2.11. The van der Waals surface area contributed by atoms with E-state index in [4.69, 9.17) is 9.15 Å². The lowest BCUT2D eigenvalue weighted by Crippen LogP contribution is -2.23. The van der Waals surface area contributed by atoms with Crippen molar-refractivity contribution in [2.75, 3.05) is 0 Å². The molecule has 0 amide bonds. The fourth-order valence-corrected chi connectivity index (χ4v) is 2.97. The molecule has 0 saturated carbocycles. The van der Waals surface area contributed by atoms with Crippen LogP contribution in [0.5, 0.6) is 5.75 Å². The van der Waals surface area contributed by atoms with Crippen LogP contribution in [-0.2, 0) is 17.8 Å². The largest absolute Gasteiger partial charge is 0.544 e. The molecular formula is C20H16FN2O4S-. The number of carbonyl (C=O) groups excluding carboxylic acids is 1. The number of hydrogen-bond acceptors (Lipinski definition) is 7. The molecule has 0 N–H and O–H groups in total. The van der Waals surface area contributed by atoms with Gasteiger partial charge >= 0.3 is 0 Å². The molecule has 1 aromatic heterocycles. The third-order valence-electron chi connectivity index (χ3n) is 3.70. The molecule has 3 rings (SSSR count). The molecule has 0 fully saturated rings. The van der Waals surface area contributed by atoms with Crippen molar-refractivity contribution in [1.29, 1.82) is 0 Å². The van der Waals surface area contributed by atoms with Gasteiger partial charge < -0.3 is 19.1 Å². The van der Waals surface area contributed by atoms with E-state index in [2.05, 4.69) is 10.2 Å². The Balaban J connectivity index is 1.82. The highest BCUT2D eigenvalue weighted by molar-refractivity contribution is 8.03. The molecule has 0 aliphatic rings. The van der Waals surface area contributed by atoms with Crippen LogP contribution in [0.3, 0.4) is 0 Å². The Morgan fingerprint density at radius 2 is 1.96 bits per heavy atom. The van der Waals surface area contributed by atoms with Gasteiger partial charge in [0.05, 0.1) is 5.97 Å². The second kappa shape index (κ2) is 9.18. The van der Waals surface area contributed by atoms with Crippen LogP contribution in [0.1, 0.15) is 23.9 Å². The number of rotatable bonds is 8. The molecule has 0 unspecified atom stereocenters. The number of benzene rings is 2. The zero-order valence-electron chi connectivity index (χ0n) is 14.9.